The molecule has 1 aromatic heterocycles. The number of rotatable bonds is 6. The van der Waals surface area contributed by atoms with Gasteiger partial charge in [0.05, 0.1) is 10.6 Å². The third kappa shape index (κ3) is 4.20. The minimum Gasteiger partial charge on any atom is -0.300 e. The van der Waals surface area contributed by atoms with E-state index >= 15 is 0 Å². The van der Waals surface area contributed by atoms with Gasteiger partial charge in [0.1, 0.15) is 11.9 Å². The van der Waals surface area contributed by atoms with E-state index in [1.807, 2.05) is 6.92 Å². The zero-order chi connectivity index (χ0) is 20.4. The number of amides is 1. The van der Waals surface area contributed by atoms with Crippen LogP contribution in [0.1, 0.15) is 55.2 Å². The van der Waals surface area contributed by atoms with Gasteiger partial charge in [0.2, 0.25) is 0 Å². The van der Waals surface area contributed by atoms with Crippen molar-refractivity contribution in [2.24, 2.45) is 4.99 Å². The van der Waals surface area contributed by atoms with Crippen LogP contribution in [0.25, 0.3) is 0 Å². The zero-order valence-corrected chi connectivity index (χ0v) is 17.9. The molecule has 1 aliphatic heterocycles. The number of amidine groups is 1. The number of aromatic nitrogens is 1. The number of benzene rings is 1. The summed E-state index contributed by atoms with van der Waals surface area (Å²) in [5, 5.41) is 3.52. The highest BCUT2D eigenvalue weighted by Gasteiger charge is 2.32. The summed E-state index contributed by atoms with van der Waals surface area (Å²) < 4.78 is 27.2. The van der Waals surface area contributed by atoms with E-state index in [-0.39, 0.29) is 16.6 Å². The van der Waals surface area contributed by atoms with Gasteiger partial charge in [-0.3, -0.25) is 14.5 Å². The summed E-state index contributed by atoms with van der Waals surface area (Å²) in [6.07, 6.45) is 6.55. The SMILES string of the molecule is CCCCC(N=C1NS(=O)(=O)c2ccccc21)C(=O)Nc1nc2c(s1)CCCC2. The summed E-state index contributed by atoms with van der Waals surface area (Å²) in [7, 11) is -3.63. The number of unbranched alkanes of at least 4 members (excludes halogenated alkanes) is 1. The summed E-state index contributed by atoms with van der Waals surface area (Å²) in [4.78, 5) is 23.5. The maximum absolute atomic E-state index is 13.0. The molecule has 9 heteroatoms. The Labute approximate surface area is 174 Å². The van der Waals surface area contributed by atoms with E-state index in [1.54, 1.807) is 24.3 Å². The van der Waals surface area contributed by atoms with Gasteiger partial charge >= 0.3 is 0 Å². The zero-order valence-electron chi connectivity index (χ0n) is 16.3. The predicted octanol–water partition coefficient (Wildman–Crippen LogP) is 3.26. The molecular formula is C20H24N4O3S2. The lowest BCUT2D eigenvalue weighted by Gasteiger charge is -2.12. The highest BCUT2D eigenvalue weighted by atomic mass is 32.2. The summed E-state index contributed by atoms with van der Waals surface area (Å²) in [5.41, 5.74) is 1.59. The summed E-state index contributed by atoms with van der Waals surface area (Å²) in [6, 6.07) is 6.00. The fourth-order valence-electron chi connectivity index (χ4n) is 3.63. The van der Waals surface area contributed by atoms with Crippen LogP contribution in [0, 0.1) is 0 Å². The van der Waals surface area contributed by atoms with Gasteiger partial charge < -0.3 is 5.32 Å². The van der Waals surface area contributed by atoms with Gasteiger partial charge in [0.15, 0.2) is 5.13 Å². The quantitative estimate of drug-likeness (QED) is 0.732. The average molecular weight is 433 g/mol. The number of anilines is 1. The monoisotopic (exact) mass is 432 g/mol. The van der Waals surface area contributed by atoms with Crippen molar-refractivity contribution < 1.29 is 13.2 Å². The van der Waals surface area contributed by atoms with Gasteiger partial charge in [-0.1, -0.05) is 31.9 Å². The van der Waals surface area contributed by atoms with Crippen molar-refractivity contribution in [1.29, 1.82) is 0 Å². The first-order chi connectivity index (χ1) is 14.0. The van der Waals surface area contributed by atoms with Crippen molar-refractivity contribution >= 4 is 38.2 Å². The van der Waals surface area contributed by atoms with Gasteiger partial charge in [0, 0.05) is 10.4 Å². The maximum atomic E-state index is 13.0. The third-order valence-electron chi connectivity index (χ3n) is 5.16. The van der Waals surface area contributed by atoms with Crippen molar-refractivity contribution in [3.63, 3.8) is 0 Å². The molecule has 1 atom stereocenters. The highest BCUT2D eigenvalue weighted by molar-refractivity contribution is 7.90. The molecular weight excluding hydrogens is 408 g/mol. The highest BCUT2D eigenvalue weighted by Crippen LogP contribution is 2.30. The van der Waals surface area contributed by atoms with Gasteiger partial charge in [0.25, 0.3) is 15.9 Å². The third-order valence-corrected chi connectivity index (χ3v) is 7.63. The number of sulfonamides is 1. The van der Waals surface area contributed by atoms with E-state index in [1.165, 1.54) is 16.2 Å². The molecule has 7 nitrogen and oxygen atoms in total. The largest absolute Gasteiger partial charge is 0.300 e. The van der Waals surface area contributed by atoms with Crippen molar-refractivity contribution in [2.75, 3.05) is 5.32 Å². The Hall–Kier alpha value is -2.26. The van der Waals surface area contributed by atoms with E-state index in [0.29, 0.717) is 17.1 Å². The Morgan fingerprint density at radius 1 is 1.31 bits per heavy atom. The van der Waals surface area contributed by atoms with Crippen LogP contribution in [0.4, 0.5) is 5.13 Å². The van der Waals surface area contributed by atoms with Gasteiger partial charge in [-0.25, -0.2) is 13.4 Å². The van der Waals surface area contributed by atoms with Gasteiger partial charge in [-0.05, 0) is 44.2 Å². The second-order valence-corrected chi connectivity index (χ2v) is 10.1. The fraction of sp³-hybridized carbons (Fsp3) is 0.450. The van der Waals surface area contributed by atoms with Gasteiger partial charge in [-0.2, -0.15) is 0 Å². The second-order valence-electron chi connectivity index (χ2n) is 7.32. The van der Waals surface area contributed by atoms with Crippen LogP contribution in [-0.2, 0) is 27.7 Å². The summed E-state index contributed by atoms with van der Waals surface area (Å²) in [6.45, 7) is 2.05. The van der Waals surface area contributed by atoms with Crippen molar-refractivity contribution in [2.45, 2.75) is 62.8 Å². The minimum atomic E-state index is -3.63. The van der Waals surface area contributed by atoms with Crippen molar-refractivity contribution in [1.82, 2.24) is 9.71 Å². The van der Waals surface area contributed by atoms with Crippen LogP contribution in [0.15, 0.2) is 34.2 Å². The number of carbonyl (C=O) groups excluding carboxylic acids is 1. The smallest absolute Gasteiger partial charge is 0.263 e. The number of hydrogen-bond acceptors (Lipinski definition) is 6. The molecule has 2 aliphatic rings. The molecule has 1 unspecified atom stereocenters. The fourth-order valence-corrected chi connectivity index (χ4v) is 5.92. The molecule has 0 saturated carbocycles. The average Bonchev–Trinajstić information content (AvgIpc) is 3.23. The molecule has 0 saturated heterocycles. The second kappa shape index (κ2) is 8.23. The molecule has 0 spiro atoms. The van der Waals surface area contributed by atoms with Crippen LogP contribution in [0.5, 0.6) is 0 Å². The molecule has 1 aliphatic carbocycles. The van der Waals surface area contributed by atoms with Crippen LogP contribution in [0.3, 0.4) is 0 Å². The number of nitrogens with zero attached hydrogens (tertiary/aromatic N) is 2. The number of aryl methyl sites for hydroxylation is 2. The molecule has 0 radical (unpaired) electrons. The van der Waals surface area contributed by atoms with Crippen LogP contribution in [-0.4, -0.2) is 31.2 Å². The minimum absolute atomic E-state index is 0.195. The first-order valence-electron chi connectivity index (χ1n) is 9.97. The van der Waals surface area contributed by atoms with Crippen LogP contribution in [0.2, 0.25) is 0 Å². The Balaban J connectivity index is 1.58. The Morgan fingerprint density at radius 3 is 2.90 bits per heavy atom. The summed E-state index contributed by atoms with van der Waals surface area (Å²) in [5.74, 6) is -0.0177. The molecule has 1 aromatic carbocycles. The molecule has 2 heterocycles. The Morgan fingerprint density at radius 2 is 2.10 bits per heavy atom. The Bertz CT molecular complexity index is 1040. The lowest BCUT2D eigenvalue weighted by molar-refractivity contribution is -0.117. The standard InChI is InChI=1S/C20H24N4O3S2/c1-2-3-9-15(19(25)23-20-22-14-10-5-6-11-16(14)28-20)21-18-13-8-4-7-12-17(13)29(26,27)24-18/h4,7-8,12,15H,2-3,5-6,9-11H2,1H3,(H,21,24)(H,22,23,25). The first kappa shape index (κ1) is 20.0. The normalized spacial score (nSPS) is 19.3. The van der Waals surface area contributed by atoms with E-state index in [0.717, 1.165) is 44.2 Å². The number of carbonyl (C=O) groups is 1. The van der Waals surface area contributed by atoms with E-state index < -0.39 is 16.1 Å². The van der Waals surface area contributed by atoms with Gasteiger partial charge in [-0.15, -0.1) is 11.3 Å². The first-order valence-corrected chi connectivity index (χ1v) is 12.3. The number of thiazole rings is 1. The number of aliphatic imine (C=N–C) groups is 1. The van der Waals surface area contributed by atoms with E-state index in [2.05, 4.69) is 20.0 Å². The van der Waals surface area contributed by atoms with Crippen LogP contribution < -0.4 is 10.0 Å². The molecule has 4 rings (SSSR count). The van der Waals surface area contributed by atoms with Crippen molar-refractivity contribution in [3.05, 3.63) is 40.4 Å². The Kier molecular flexibility index (Phi) is 5.69. The van der Waals surface area contributed by atoms with Crippen LogP contribution >= 0.6 is 11.3 Å². The summed E-state index contributed by atoms with van der Waals surface area (Å²) >= 11 is 1.53. The predicted molar refractivity (Wildman–Crippen MR) is 114 cm³/mol. The molecule has 0 bridgehead atoms. The molecule has 0 fully saturated rings. The number of nitrogens with one attached hydrogen (secondary N) is 2. The van der Waals surface area contributed by atoms with Crippen molar-refractivity contribution in [3.8, 4) is 0 Å². The molecule has 2 aromatic rings. The molecule has 2 N–H and O–H groups in total. The molecule has 154 valence electrons. The lowest BCUT2D eigenvalue weighted by Crippen LogP contribution is -2.30. The lowest BCUT2D eigenvalue weighted by atomic mass is 10.0. The number of hydrogen-bond donors (Lipinski definition) is 2. The molecule has 29 heavy (non-hydrogen) atoms. The maximum Gasteiger partial charge on any atom is 0.263 e. The van der Waals surface area contributed by atoms with E-state index in [4.69, 9.17) is 0 Å². The number of fused-ring (bicyclic) bond motifs is 2. The van der Waals surface area contributed by atoms with E-state index in [9.17, 15) is 13.2 Å². The molecule has 1 amide bonds. The topological polar surface area (TPSA) is 101 Å².